The summed E-state index contributed by atoms with van der Waals surface area (Å²) in [6.45, 7) is -0.0839. The Labute approximate surface area is 243 Å². The van der Waals surface area contributed by atoms with E-state index < -0.39 is 6.04 Å². The van der Waals surface area contributed by atoms with Gasteiger partial charge in [-0.2, -0.15) is 0 Å². The third kappa shape index (κ3) is 7.05. The van der Waals surface area contributed by atoms with Crippen LogP contribution in [-0.2, 0) is 18.7 Å². The molecule has 8 nitrogen and oxygen atoms in total. The van der Waals surface area contributed by atoms with Crippen molar-refractivity contribution in [3.05, 3.63) is 113 Å². The number of hydrogen-bond donors (Lipinski definition) is 3. The van der Waals surface area contributed by atoms with Crippen LogP contribution in [0.5, 0.6) is 5.75 Å². The fourth-order valence-corrected chi connectivity index (χ4v) is 5.90. The number of fused-ring (bicyclic) bond motifs is 1. The minimum Gasteiger partial charge on any atom is -0.484 e. The first-order valence-corrected chi connectivity index (χ1v) is 14.6. The fourth-order valence-electron chi connectivity index (χ4n) is 4.94. The summed E-state index contributed by atoms with van der Waals surface area (Å²) in [7, 11) is 0. The minimum absolute atomic E-state index is 0.168. The van der Waals surface area contributed by atoms with Crippen molar-refractivity contribution in [1.29, 1.82) is 0 Å². The molecule has 1 atom stereocenters. The van der Waals surface area contributed by atoms with Gasteiger partial charge in [-0.05, 0) is 60.4 Å². The van der Waals surface area contributed by atoms with Crippen LogP contribution in [0.3, 0.4) is 0 Å². The highest BCUT2D eigenvalue weighted by Gasteiger charge is 2.25. The summed E-state index contributed by atoms with van der Waals surface area (Å²) < 4.78 is 8.73. The summed E-state index contributed by atoms with van der Waals surface area (Å²) in [6, 6.07) is 20.4. The Morgan fingerprint density at radius 2 is 1.80 bits per heavy atom. The predicted molar refractivity (Wildman–Crippen MR) is 157 cm³/mol. The van der Waals surface area contributed by atoms with Gasteiger partial charge < -0.3 is 24.8 Å². The average Bonchev–Trinajstić information content (AvgIpc) is 3.53. The van der Waals surface area contributed by atoms with Gasteiger partial charge in [-0.3, -0.25) is 9.59 Å². The van der Waals surface area contributed by atoms with E-state index in [-0.39, 0.29) is 31.0 Å². The third-order valence-electron chi connectivity index (χ3n) is 7.17. The molecule has 0 spiro atoms. The van der Waals surface area contributed by atoms with Crippen molar-refractivity contribution >= 4 is 23.5 Å². The van der Waals surface area contributed by atoms with E-state index in [4.69, 9.17) is 4.74 Å². The predicted octanol–water partition coefficient (Wildman–Crippen LogP) is 4.60. The largest absolute Gasteiger partial charge is 0.484 e. The molecule has 4 aromatic rings. The maximum atomic E-state index is 12.8. The first kappa shape index (κ1) is 28.6. The number of ketones is 1. The van der Waals surface area contributed by atoms with E-state index in [2.05, 4.69) is 22.4 Å². The molecule has 1 aliphatic carbocycles. The topological polar surface area (TPSA) is 114 Å². The number of rotatable bonds is 12. The first-order chi connectivity index (χ1) is 20.1. The van der Waals surface area contributed by atoms with Gasteiger partial charge in [0.1, 0.15) is 11.9 Å². The Morgan fingerprint density at radius 3 is 2.51 bits per heavy atom. The van der Waals surface area contributed by atoms with E-state index in [1.807, 2.05) is 53.2 Å². The highest BCUT2D eigenvalue weighted by Crippen LogP contribution is 2.38. The van der Waals surface area contributed by atoms with E-state index in [0.717, 1.165) is 45.7 Å². The number of thioether (sulfide) groups is 1. The zero-order valence-electron chi connectivity index (χ0n) is 22.6. The quantitative estimate of drug-likeness (QED) is 0.213. The van der Waals surface area contributed by atoms with Crippen LogP contribution in [0.25, 0.3) is 0 Å². The second kappa shape index (κ2) is 13.6. The normalized spacial score (nSPS) is 13.6. The number of Topliss-reactive ketones (excluding diaryl/α,β-unsaturated/α-hetero) is 1. The summed E-state index contributed by atoms with van der Waals surface area (Å²) in [5.74, 6) is 1.17. The molecule has 1 amide bonds. The van der Waals surface area contributed by atoms with Crippen molar-refractivity contribution in [2.45, 2.75) is 48.6 Å². The minimum atomic E-state index is -0.699. The molecule has 1 unspecified atom stereocenters. The van der Waals surface area contributed by atoms with Gasteiger partial charge in [0.05, 0.1) is 32.1 Å². The molecule has 41 heavy (non-hydrogen) atoms. The summed E-state index contributed by atoms with van der Waals surface area (Å²) in [5, 5.41) is 21.1. The standard InChI is InChI=1S/C32H33N3O5S/c36-18-24(19-37)34-32(39)23-9-11-25(12-10-23)41-20-28-26-7-4-8-29(38)27(26)13-14-30(28)40-31(17-35-16-15-33-21-35)22-5-2-1-3-6-22/h1-3,5-6,9-16,21,24,31,36-37H,4,7-8,17-20H2,(H,34,39). The highest BCUT2D eigenvalue weighted by molar-refractivity contribution is 7.98. The smallest absolute Gasteiger partial charge is 0.251 e. The number of hydrogen-bond acceptors (Lipinski definition) is 7. The lowest BCUT2D eigenvalue weighted by Gasteiger charge is -2.25. The molecule has 5 rings (SSSR count). The number of carbonyl (C=O) groups is 2. The highest BCUT2D eigenvalue weighted by atomic mass is 32.2. The number of benzene rings is 3. The molecule has 0 aliphatic heterocycles. The van der Waals surface area contributed by atoms with Crippen molar-refractivity contribution in [2.24, 2.45) is 0 Å². The molecular weight excluding hydrogens is 538 g/mol. The van der Waals surface area contributed by atoms with Crippen molar-refractivity contribution in [3.63, 3.8) is 0 Å². The van der Waals surface area contributed by atoms with Crippen LogP contribution < -0.4 is 10.1 Å². The molecule has 1 aliphatic rings. The van der Waals surface area contributed by atoms with E-state index in [1.54, 1.807) is 36.4 Å². The van der Waals surface area contributed by atoms with Crippen molar-refractivity contribution in [1.82, 2.24) is 14.9 Å². The number of amides is 1. The number of aliphatic hydroxyl groups is 2. The second-order valence-corrected chi connectivity index (χ2v) is 11.0. The molecule has 1 aromatic heterocycles. The van der Waals surface area contributed by atoms with Crippen LogP contribution in [0.15, 0.2) is 90.3 Å². The maximum absolute atomic E-state index is 12.8. The van der Waals surface area contributed by atoms with Gasteiger partial charge in [0.2, 0.25) is 0 Å². The number of carbonyl (C=O) groups excluding carboxylic acids is 2. The van der Waals surface area contributed by atoms with Gasteiger partial charge in [0.25, 0.3) is 5.91 Å². The Morgan fingerprint density at radius 1 is 1.02 bits per heavy atom. The lowest BCUT2D eigenvalue weighted by atomic mass is 9.87. The Bertz CT molecular complexity index is 1450. The second-order valence-electron chi connectivity index (χ2n) is 9.97. The molecule has 0 bridgehead atoms. The van der Waals surface area contributed by atoms with Crippen LogP contribution in [0, 0.1) is 0 Å². The van der Waals surface area contributed by atoms with Gasteiger partial charge in [0, 0.05) is 46.2 Å². The van der Waals surface area contributed by atoms with Gasteiger partial charge in [0.15, 0.2) is 5.78 Å². The lowest BCUT2D eigenvalue weighted by molar-refractivity contribution is 0.0879. The average molecular weight is 572 g/mol. The zero-order valence-corrected chi connectivity index (χ0v) is 23.4. The van der Waals surface area contributed by atoms with Crippen LogP contribution in [0.4, 0.5) is 0 Å². The van der Waals surface area contributed by atoms with Crippen LogP contribution in [-0.4, -0.2) is 50.7 Å². The molecule has 0 saturated carbocycles. The summed E-state index contributed by atoms with van der Waals surface area (Å²) in [5.41, 5.74) is 4.34. The number of nitrogens with zero attached hydrogens (tertiary/aromatic N) is 2. The Kier molecular flexibility index (Phi) is 9.51. The van der Waals surface area contributed by atoms with E-state index >= 15 is 0 Å². The van der Waals surface area contributed by atoms with Crippen LogP contribution >= 0.6 is 11.8 Å². The lowest BCUT2D eigenvalue weighted by Crippen LogP contribution is -2.40. The van der Waals surface area contributed by atoms with Gasteiger partial charge in [-0.1, -0.05) is 30.3 Å². The van der Waals surface area contributed by atoms with Crippen molar-refractivity contribution in [2.75, 3.05) is 13.2 Å². The van der Waals surface area contributed by atoms with Gasteiger partial charge >= 0.3 is 0 Å². The maximum Gasteiger partial charge on any atom is 0.251 e. The first-order valence-electron chi connectivity index (χ1n) is 13.7. The van der Waals surface area contributed by atoms with E-state index in [1.165, 1.54) is 0 Å². The van der Waals surface area contributed by atoms with Gasteiger partial charge in [-0.15, -0.1) is 11.8 Å². The fraction of sp³-hybridized carbons (Fsp3) is 0.281. The molecule has 212 valence electrons. The summed E-state index contributed by atoms with van der Waals surface area (Å²) in [6.07, 6.45) is 7.38. The van der Waals surface area contributed by atoms with Crippen LogP contribution in [0.1, 0.15) is 56.4 Å². The Hall–Kier alpha value is -3.92. The number of aliphatic hydroxyl groups excluding tert-OH is 2. The molecule has 0 saturated heterocycles. The van der Waals surface area contributed by atoms with Gasteiger partial charge in [-0.25, -0.2) is 4.98 Å². The number of nitrogens with one attached hydrogen (secondary N) is 1. The number of aromatic nitrogens is 2. The SMILES string of the molecule is O=C(NC(CO)CO)c1ccc(SCc2c(OC(Cn3ccnc3)c3ccccc3)ccc3c2CCCC3=O)cc1. The molecule has 0 radical (unpaired) electrons. The molecule has 0 fully saturated rings. The number of ether oxygens (including phenoxy) is 1. The number of imidazole rings is 1. The summed E-state index contributed by atoms with van der Waals surface area (Å²) in [4.78, 5) is 30.4. The molecular formula is C32H33N3O5S. The van der Waals surface area contributed by atoms with E-state index in [0.29, 0.717) is 24.3 Å². The third-order valence-corrected chi connectivity index (χ3v) is 8.21. The summed E-state index contributed by atoms with van der Waals surface area (Å²) >= 11 is 1.62. The van der Waals surface area contributed by atoms with Crippen LogP contribution in [0.2, 0.25) is 0 Å². The monoisotopic (exact) mass is 571 g/mol. The van der Waals surface area contributed by atoms with E-state index in [9.17, 15) is 19.8 Å². The molecule has 3 aromatic carbocycles. The molecule has 3 N–H and O–H groups in total. The zero-order chi connectivity index (χ0) is 28.6. The van der Waals surface area contributed by atoms with Crippen molar-refractivity contribution < 1.29 is 24.5 Å². The molecule has 9 heteroatoms. The van der Waals surface area contributed by atoms with Crippen molar-refractivity contribution in [3.8, 4) is 5.75 Å². The molecule has 1 heterocycles. The Balaban J connectivity index is 1.39.